The third-order valence-electron chi connectivity index (χ3n) is 3.41. The number of nitrogens with zero attached hydrogens (tertiary/aromatic N) is 3. The van der Waals surface area contributed by atoms with Crippen LogP contribution in [0, 0.1) is 10.1 Å². The van der Waals surface area contributed by atoms with Gasteiger partial charge < -0.3 is 4.42 Å². The fourth-order valence-electron chi connectivity index (χ4n) is 2.20. The van der Waals surface area contributed by atoms with Crippen LogP contribution in [0.3, 0.4) is 0 Å². The number of furan rings is 1. The van der Waals surface area contributed by atoms with E-state index in [1.165, 1.54) is 35.6 Å². The second kappa shape index (κ2) is 7.63. The summed E-state index contributed by atoms with van der Waals surface area (Å²) in [6, 6.07) is 7.10. The summed E-state index contributed by atoms with van der Waals surface area (Å²) >= 11 is 7.39. The topological polar surface area (TPSA) is 111 Å². The van der Waals surface area contributed by atoms with Crippen molar-refractivity contribution in [1.82, 2.24) is 10.2 Å². The molecule has 0 aliphatic rings. The van der Waals surface area contributed by atoms with Gasteiger partial charge in [-0.3, -0.25) is 20.2 Å². The number of benzene rings is 1. The first-order chi connectivity index (χ1) is 12.5. The third-order valence-corrected chi connectivity index (χ3v) is 4.62. The van der Waals surface area contributed by atoms with Crippen molar-refractivity contribution in [2.45, 2.75) is 19.8 Å². The van der Waals surface area contributed by atoms with Crippen LogP contribution in [0.4, 0.5) is 10.8 Å². The number of hydrogen-bond acceptors (Lipinski definition) is 7. The second-order valence-corrected chi connectivity index (χ2v) is 6.76. The predicted molar refractivity (Wildman–Crippen MR) is 97.7 cm³/mol. The first-order valence-electron chi connectivity index (χ1n) is 7.65. The molecule has 1 aromatic carbocycles. The minimum absolute atomic E-state index is 0.0710. The Morgan fingerprint density at radius 2 is 2.15 bits per heavy atom. The van der Waals surface area contributed by atoms with Gasteiger partial charge in [0.25, 0.3) is 11.6 Å². The number of hydrogen-bond donors (Lipinski definition) is 1. The standard InChI is InChI=1S/C16H13ClN4O4S/c1-2-3-14-19-20-16(26-14)18-15(22)13-7-6-12(25-13)10-5-4-9(21(23)24)8-11(10)17/h4-8H,2-3H2,1H3,(H,18,20,22). The van der Waals surface area contributed by atoms with Crippen molar-refractivity contribution in [1.29, 1.82) is 0 Å². The lowest BCUT2D eigenvalue weighted by Gasteiger charge is -2.01. The summed E-state index contributed by atoms with van der Waals surface area (Å²) in [4.78, 5) is 22.5. The molecule has 1 amide bonds. The lowest BCUT2D eigenvalue weighted by atomic mass is 10.1. The van der Waals surface area contributed by atoms with E-state index in [1.54, 1.807) is 6.07 Å². The van der Waals surface area contributed by atoms with Crippen LogP contribution in [0.2, 0.25) is 5.02 Å². The van der Waals surface area contributed by atoms with Crippen molar-refractivity contribution < 1.29 is 14.1 Å². The molecule has 0 fully saturated rings. The normalized spacial score (nSPS) is 10.7. The van der Waals surface area contributed by atoms with Gasteiger partial charge in [0.2, 0.25) is 5.13 Å². The summed E-state index contributed by atoms with van der Waals surface area (Å²) in [5.41, 5.74) is 0.333. The molecule has 134 valence electrons. The van der Waals surface area contributed by atoms with Gasteiger partial charge in [-0.2, -0.15) is 0 Å². The largest absolute Gasteiger partial charge is 0.451 e. The van der Waals surface area contributed by atoms with Crippen molar-refractivity contribution in [3.8, 4) is 11.3 Å². The van der Waals surface area contributed by atoms with Crippen LogP contribution in [0.15, 0.2) is 34.7 Å². The van der Waals surface area contributed by atoms with Gasteiger partial charge in [-0.15, -0.1) is 10.2 Å². The summed E-state index contributed by atoms with van der Waals surface area (Å²) in [5.74, 6) is -0.0610. The van der Waals surface area contributed by atoms with Gasteiger partial charge in [0.1, 0.15) is 10.8 Å². The zero-order valence-corrected chi connectivity index (χ0v) is 15.1. The summed E-state index contributed by atoms with van der Waals surface area (Å²) in [5, 5.41) is 22.7. The molecule has 0 radical (unpaired) electrons. The number of rotatable bonds is 6. The van der Waals surface area contributed by atoms with E-state index in [9.17, 15) is 14.9 Å². The first kappa shape index (κ1) is 18.0. The number of nitrogens with one attached hydrogen (secondary N) is 1. The number of non-ortho nitro benzene ring substituents is 1. The Bertz CT molecular complexity index is 969. The Balaban J connectivity index is 1.76. The maximum absolute atomic E-state index is 12.3. The predicted octanol–water partition coefficient (Wildman–Crippen LogP) is 4.56. The Morgan fingerprint density at radius 1 is 1.35 bits per heavy atom. The number of aryl methyl sites for hydroxylation is 1. The van der Waals surface area contributed by atoms with Crippen LogP contribution in [-0.4, -0.2) is 21.0 Å². The molecule has 0 bridgehead atoms. The Kier molecular flexibility index (Phi) is 5.29. The Morgan fingerprint density at radius 3 is 2.85 bits per heavy atom. The maximum Gasteiger partial charge on any atom is 0.293 e. The quantitative estimate of drug-likeness (QED) is 0.486. The van der Waals surface area contributed by atoms with Crippen LogP contribution in [0.1, 0.15) is 28.9 Å². The molecular formula is C16H13ClN4O4S. The maximum atomic E-state index is 12.3. The number of anilines is 1. The smallest absolute Gasteiger partial charge is 0.293 e. The number of amides is 1. The summed E-state index contributed by atoms with van der Waals surface area (Å²) in [7, 11) is 0. The molecule has 0 unspecified atom stereocenters. The molecule has 2 aromatic heterocycles. The molecule has 26 heavy (non-hydrogen) atoms. The molecule has 3 aromatic rings. The summed E-state index contributed by atoms with van der Waals surface area (Å²) in [6.45, 7) is 2.04. The van der Waals surface area contributed by atoms with Crippen LogP contribution in [-0.2, 0) is 6.42 Å². The fourth-order valence-corrected chi connectivity index (χ4v) is 3.30. The number of halogens is 1. The zero-order valence-electron chi connectivity index (χ0n) is 13.6. The van der Waals surface area contributed by atoms with Crippen molar-refractivity contribution in [3.05, 3.63) is 56.2 Å². The minimum atomic E-state index is -0.536. The molecule has 0 saturated carbocycles. The van der Waals surface area contributed by atoms with Gasteiger partial charge in [-0.25, -0.2) is 0 Å². The molecule has 0 spiro atoms. The minimum Gasteiger partial charge on any atom is -0.451 e. The van der Waals surface area contributed by atoms with Gasteiger partial charge in [-0.1, -0.05) is 29.9 Å². The molecule has 0 saturated heterocycles. The number of nitro groups is 1. The van der Waals surface area contributed by atoms with Crippen LogP contribution in [0.5, 0.6) is 0 Å². The van der Waals surface area contributed by atoms with Gasteiger partial charge in [-0.05, 0) is 24.6 Å². The lowest BCUT2D eigenvalue weighted by Crippen LogP contribution is -2.10. The van der Waals surface area contributed by atoms with Gasteiger partial charge >= 0.3 is 0 Å². The molecule has 8 nitrogen and oxygen atoms in total. The molecule has 2 heterocycles. The summed E-state index contributed by atoms with van der Waals surface area (Å²) in [6.07, 6.45) is 1.75. The van der Waals surface area contributed by atoms with E-state index < -0.39 is 10.8 Å². The number of carbonyl (C=O) groups excluding carboxylic acids is 1. The Labute approximate surface area is 157 Å². The Hall–Kier alpha value is -2.78. The second-order valence-electron chi connectivity index (χ2n) is 5.29. The lowest BCUT2D eigenvalue weighted by molar-refractivity contribution is -0.384. The highest BCUT2D eigenvalue weighted by Crippen LogP contribution is 2.32. The van der Waals surface area contributed by atoms with Crippen molar-refractivity contribution in [2.75, 3.05) is 5.32 Å². The molecule has 0 aliphatic carbocycles. The van der Waals surface area contributed by atoms with E-state index in [0.717, 1.165) is 17.8 Å². The highest BCUT2D eigenvalue weighted by Gasteiger charge is 2.17. The molecular weight excluding hydrogens is 380 g/mol. The van der Waals surface area contributed by atoms with Crippen molar-refractivity contribution in [3.63, 3.8) is 0 Å². The average molecular weight is 393 g/mol. The van der Waals surface area contributed by atoms with Crippen molar-refractivity contribution in [2.24, 2.45) is 0 Å². The highest BCUT2D eigenvalue weighted by molar-refractivity contribution is 7.15. The summed E-state index contributed by atoms with van der Waals surface area (Å²) < 4.78 is 5.53. The fraction of sp³-hybridized carbons (Fsp3) is 0.188. The van der Waals surface area contributed by atoms with Crippen molar-refractivity contribution >= 4 is 39.7 Å². The van der Waals surface area contributed by atoms with E-state index in [4.69, 9.17) is 16.0 Å². The number of carbonyl (C=O) groups is 1. The monoisotopic (exact) mass is 392 g/mol. The third kappa shape index (κ3) is 3.89. The molecule has 0 atom stereocenters. The first-order valence-corrected chi connectivity index (χ1v) is 8.85. The molecule has 10 heteroatoms. The van der Waals surface area contributed by atoms with Gasteiger partial charge in [0, 0.05) is 24.1 Å². The van der Waals surface area contributed by atoms with Crippen LogP contribution < -0.4 is 5.32 Å². The van der Waals surface area contributed by atoms with E-state index in [-0.39, 0.29) is 16.5 Å². The number of nitro benzene ring substituents is 1. The molecule has 3 rings (SSSR count). The average Bonchev–Trinajstić information content (AvgIpc) is 3.25. The molecule has 1 N–H and O–H groups in total. The van der Waals surface area contributed by atoms with E-state index >= 15 is 0 Å². The van der Waals surface area contributed by atoms with Crippen LogP contribution in [0.25, 0.3) is 11.3 Å². The zero-order chi connectivity index (χ0) is 18.7. The highest BCUT2D eigenvalue weighted by atomic mass is 35.5. The van der Waals surface area contributed by atoms with Gasteiger partial charge in [0.15, 0.2) is 5.76 Å². The van der Waals surface area contributed by atoms with Crippen LogP contribution >= 0.6 is 22.9 Å². The van der Waals surface area contributed by atoms with E-state index in [2.05, 4.69) is 15.5 Å². The van der Waals surface area contributed by atoms with E-state index in [0.29, 0.717) is 16.5 Å². The SMILES string of the molecule is CCCc1nnc(NC(=O)c2ccc(-c3ccc([N+](=O)[O-])cc3Cl)o2)s1. The van der Waals surface area contributed by atoms with Gasteiger partial charge in [0.05, 0.1) is 9.95 Å². The molecule has 0 aliphatic heterocycles. The van der Waals surface area contributed by atoms with E-state index in [1.807, 2.05) is 6.92 Å². The number of aromatic nitrogens is 2.